The smallest absolute Gasteiger partial charge is 0.257 e. The number of pyridine rings is 1. The lowest BCUT2D eigenvalue weighted by atomic mass is 10.1. The Morgan fingerprint density at radius 1 is 1.37 bits per heavy atom. The number of amides is 1. The van der Waals surface area contributed by atoms with E-state index in [1.807, 2.05) is 4.90 Å². The fourth-order valence-electron chi connectivity index (χ4n) is 2.37. The molecule has 0 spiro atoms. The summed E-state index contributed by atoms with van der Waals surface area (Å²) < 4.78 is 0. The van der Waals surface area contributed by atoms with Gasteiger partial charge in [-0.1, -0.05) is 25.4 Å². The van der Waals surface area contributed by atoms with E-state index in [-0.39, 0.29) is 11.1 Å². The normalized spacial score (nSPS) is 16.9. The lowest BCUT2D eigenvalue weighted by Gasteiger charge is -2.35. The van der Waals surface area contributed by atoms with E-state index >= 15 is 0 Å². The van der Waals surface area contributed by atoms with Gasteiger partial charge in [0.05, 0.1) is 5.56 Å². The zero-order chi connectivity index (χ0) is 13.8. The first-order valence-electron chi connectivity index (χ1n) is 6.70. The van der Waals surface area contributed by atoms with Gasteiger partial charge in [-0.15, -0.1) is 0 Å². The fourth-order valence-corrected chi connectivity index (χ4v) is 2.57. The van der Waals surface area contributed by atoms with Crippen LogP contribution in [0.2, 0.25) is 5.15 Å². The van der Waals surface area contributed by atoms with Crippen LogP contribution in [0, 0.1) is 5.92 Å². The zero-order valence-corrected chi connectivity index (χ0v) is 12.2. The topological polar surface area (TPSA) is 36.4 Å². The van der Waals surface area contributed by atoms with E-state index in [1.54, 1.807) is 18.3 Å². The monoisotopic (exact) mass is 281 g/mol. The molecule has 0 radical (unpaired) electrons. The Labute approximate surface area is 119 Å². The Morgan fingerprint density at radius 3 is 2.63 bits per heavy atom. The first kappa shape index (κ1) is 14.3. The summed E-state index contributed by atoms with van der Waals surface area (Å²) in [6, 6.07) is 3.48. The van der Waals surface area contributed by atoms with Crippen molar-refractivity contribution in [2.24, 2.45) is 5.92 Å². The maximum absolute atomic E-state index is 12.3. The van der Waals surface area contributed by atoms with Gasteiger partial charge in [-0.25, -0.2) is 4.98 Å². The predicted octanol–water partition coefficient (Wildman–Crippen LogP) is 2.15. The lowest BCUT2D eigenvalue weighted by Crippen LogP contribution is -2.49. The third-order valence-electron chi connectivity index (χ3n) is 3.27. The second kappa shape index (κ2) is 6.35. The quantitative estimate of drug-likeness (QED) is 0.797. The molecule has 0 atom stereocenters. The van der Waals surface area contributed by atoms with E-state index in [1.165, 1.54) is 0 Å². The molecule has 1 aromatic rings. The first-order valence-corrected chi connectivity index (χ1v) is 7.08. The second-order valence-electron chi connectivity index (χ2n) is 5.33. The van der Waals surface area contributed by atoms with Crippen molar-refractivity contribution < 1.29 is 4.79 Å². The van der Waals surface area contributed by atoms with Gasteiger partial charge >= 0.3 is 0 Å². The van der Waals surface area contributed by atoms with E-state index in [0.29, 0.717) is 11.5 Å². The van der Waals surface area contributed by atoms with Crippen LogP contribution in [-0.4, -0.2) is 53.4 Å². The second-order valence-corrected chi connectivity index (χ2v) is 5.69. The van der Waals surface area contributed by atoms with Gasteiger partial charge in [0.15, 0.2) is 0 Å². The van der Waals surface area contributed by atoms with Crippen molar-refractivity contribution in [3.63, 3.8) is 0 Å². The van der Waals surface area contributed by atoms with Crippen LogP contribution in [0.15, 0.2) is 18.3 Å². The Morgan fingerprint density at radius 2 is 2.05 bits per heavy atom. The molecule has 0 saturated carbocycles. The molecule has 1 aromatic heterocycles. The highest BCUT2D eigenvalue weighted by Gasteiger charge is 2.23. The molecule has 2 heterocycles. The summed E-state index contributed by atoms with van der Waals surface area (Å²) >= 11 is 5.97. The number of hydrogen-bond donors (Lipinski definition) is 0. The predicted molar refractivity (Wildman–Crippen MR) is 76.4 cm³/mol. The van der Waals surface area contributed by atoms with Gasteiger partial charge in [0.2, 0.25) is 0 Å². The van der Waals surface area contributed by atoms with Gasteiger partial charge in [0.25, 0.3) is 5.91 Å². The summed E-state index contributed by atoms with van der Waals surface area (Å²) in [6.07, 6.45) is 1.60. The van der Waals surface area contributed by atoms with Crippen molar-refractivity contribution in [2.45, 2.75) is 13.8 Å². The average Bonchev–Trinajstić information content (AvgIpc) is 2.39. The molecular formula is C14H20ClN3O. The van der Waals surface area contributed by atoms with Crippen LogP contribution in [-0.2, 0) is 0 Å². The molecule has 0 unspecified atom stereocenters. The number of carbonyl (C=O) groups excluding carboxylic acids is 1. The summed E-state index contributed by atoms with van der Waals surface area (Å²) in [5, 5.41) is 0.289. The van der Waals surface area contributed by atoms with E-state index in [2.05, 4.69) is 23.7 Å². The van der Waals surface area contributed by atoms with Gasteiger partial charge in [-0.05, 0) is 18.1 Å². The summed E-state index contributed by atoms with van der Waals surface area (Å²) in [6.45, 7) is 8.91. The highest BCUT2D eigenvalue weighted by atomic mass is 35.5. The molecule has 1 aliphatic heterocycles. The maximum atomic E-state index is 12.3. The van der Waals surface area contributed by atoms with Crippen LogP contribution < -0.4 is 0 Å². The molecule has 0 aliphatic carbocycles. The van der Waals surface area contributed by atoms with E-state index in [9.17, 15) is 4.79 Å². The third-order valence-corrected chi connectivity index (χ3v) is 3.57. The van der Waals surface area contributed by atoms with Gasteiger partial charge in [-0.2, -0.15) is 0 Å². The van der Waals surface area contributed by atoms with Crippen LogP contribution in [0.5, 0.6) is 0 Å². The number of piperazine rings is 1. The van der Waals surface area contributed by atoms with Crippen molar-refractivity contribution in [3.05, 3.63) is 29.0 Å². The standard InChI is InChI=1S/C14H20ClN3O/c1-11(2)10-17-6-8-18(9-7-17)14(19)12-4-3-5-16-13(12)15/h3-5,11H,6-10H2,1-2H3. The Balaban J connectivity index is 1.95. The maximum Gasteiger partial charge on any atom is 0.257 e. The third kappa shape index (κ3) is 3.67. The minimum Gasteiger partial charge on any atom is -0.336 e. The number of carbonyl (C=O) groups is 1. The molecule has 1 saturated heterocycles. The van der Waals surface area contributed by atoms with Crippen molar-refractivity contribution >= 4 is 17.5 Å². The highest BCUT2D eigenvalue weighted by molar-refractivity contribution is 6.32. The van der Waals surface area contributed by atoms with Gasteiger partial charge < -0.3 is 4.90 Å². The Kier molecular flexibility index (Phi) is 4.77. The average molecular weight is 282 g/mol. The first-order chi connectivity index (χ1) is 9.08. The van der Waals surface area contributed by atoms with Gasteiger partial charge in [0, 0.05) is 38.9 Å². The van der Waals surface area contributed by atoms with Crippen molar-refractivity contribution in [1.82, 2.24) is 14.8 Å². The summed E-state index contributed by atoms with van der Waals surface area (Å²) in [5.41, 5.74) is 0.501. The summed E-state index contributed by atoms with van der Waals surface area (Å²) in [7, 11) is 0. The molecule has 4 nitrogen and oxygen atoms in total. The zero-order valence-electron chi connectivity index (χ0n) is 11.5. The van der Waals surface area contributed by atoms with Crippen LogP contribution in [0.4, 0.5) is 0 Å². The molecule has 2 rings (SSSR count). The molecular weight excluding hydrogens is 262 g/mol. The van der Waals surface area contributed by atoms with Crippen LogP contribution in [0.25, 0.3) is 0 Å². The number of hydrogen-bond acceptors (Lipinski definition) is 3. The van der Waals surface area contributed by atoms with E-state index < -0.39 is 0 Å². The molecule has 0 bridgehead atoms. The number of rotatable bonds is 3. The SMILES string of the molecule is CC(C)CN1CCN(C(=O)c2cccnc2Cl)CC1. The van der Waals surface area contributed by atoms with Gasteiger partial charge in [0.1, 0.15) is 5.15 Å². The van der Waals surface area contributed by atoms with Crippen molar-refractivity contribution in [2.75, 3.05) is 32.7 Å². The van der Waals surface area contributed by atoms with E-state index in [4.69, 9.17) is 11.6 Å². The molecule has 5 heteroatoms. The largest absolute Gasteiger partial charge is 0.336 e. The van der Waals surface area contributed by atoms with Crippen molar-refractivity contribution in [3.8, 4) is 0 Å². The number of nitrogens with zero attached hydrogens (tertiary/aromatic N) is 3. The molecule has 0 aromatic carbocycles. The molecule has 1 aliphatic rings. The number of aromatic nitrogens is 1. The molecule has 0 N–H and O–H groups in total. The minimum atomic E-state index is -0.0118. The molecule has 19 heavy (non-hydrogen) atoms. The Bertz CT molecular complexity index is 442. The van der Waals surface area contributed by atoms with Crippen molar-refractivity contribution in [1.29, 1.82) is 0 Å². The van der Waals surface area contributed by atoms with E-state index in [0.717, 1.165) is 32.7 Å². The highest BCUT2D eigenvalue weighted by Crippen LogP contribution is 2.15. The fraction of sp³-hybridized carbons (Fsp3) is 0.571. The Hall–Kier alpha value is -1.13. The molecule has 1 amide bonds. The summed E-state index contributed by atoms with van der Waals surface area (Å²) in [4.78, 5) is 20.6. The van der Waals surface area contributed by atoms with Crippen LogP contribution in [0.1, 0.15) is 24.2 Å². The van der Waals surface area contributed by atoms with Crippen LogP contribution >= 0.6 is 11.6 Å². The van der Waals surface area contributed by atoms with Crippen LogP contribution in [0.3, 0.4) is 0 Å². The minimum absolute atomic E-state index is 0.0118. The molecule has 104 valence electrons. The molecule has 1 fully saturated rings. The van der Waals surface area contributed by atoms with Gasteiger partial charge in [-0.3, -0.25) is 9.69 Å². The lowest BCUT2D eigenvalue weighted by molar-refractivity contribution is 0.0623. The summed E-state index contributed by atoms with van der Waals surface area (Å²) in [5.74, 6) is 0.650. The number of halogens is 1.